The first-order valence-electron chi connectivity index (χ1n) is 11.5. The second-order valence-corrected chi connectivity index (χ2v) is 39.1. The van der Waals surface area contributed by atoms with Crippen LogP contribution in [0.3, 0.4) is 0 Å². The predicted octanol–water partition coefficient (Wildman–Crippen LogP) is 7.24. The molecule has 0 N–H and O–H groups in total. The minimum absolute atomic E-state index is 0.662. The summed E-state index contributed by atoms with van der Waals surface area (Å²) in [5.74, 6) is 0. The Morgan fingerprint density at radius 2 is 1.28 bits per heavy atom. The lowest BCUT2D eigenvalue weighted by molar-refractivity contribution is 0.618. The van der Waals surface area contributed by atoms with Crippen LogP contribution in [0.4, 0.5) is 0 Å². The fourth-order valence-electron chi connectivity index (χ4n) is 5.93. The molecular weight excluding hydrogens is 431 g/mol. The summed E-state index contributed by atoms with van der Waals surface area (Å²) in [6, 6.07) is 11.4. The van der Waals surface area contributed by atoms with E-state index < -0.39 is 41.0 Å². The molecule has 0 atom stereocenters. The summed E-state index contributed by atoms with van der Waals surface area (Å²) < 4.78 is 3.85. The highest BCUT2D eigenvalue weighted by atomic mass is 28.5. The van der Waals surface area contributed by atoms with Gasteiger partial charge in [-0.3, -0.25) is 0 Å². The van der Waals surface area contributed by atoms with Crippen LogP contribution < -0.4 is 0 Å². The van der Waals surface area contributed by atoms with E-state index in [-0.39, 0.29) is 0 Å². The van der Waals surface area contributed by atoms with Crippen molar-refractivity contribution in [3.05, 3.63) is 35.9 Å². The zero-order valence-corrected chi connectivity index (χ0v) is 26.5. The van der Waals surface area contributed by atoms with Crippen LogP contribution in [0, 0.1) is 0 Å². The zero-order valence-electron chi connectivity index (χ0n) is 21.5. The quantitative estimate of drug-likeness (QED) is 0.374. The molecule has 0 aliphatic carbocycles. The molecule has 1 aliphatic rings. The van der Waals surface area contributed by atoms with Gasteiger partial charge < -0.3 is 4.23 Å². The second-order valence-electron chi connectivity index (χ2n) is 13.2. The first-order valence-corrected chi connectivity index (χ1v) is 26.9. The van der Waals surface area contributed by atoms with Gasteiger partial charge in [0.1, 0.15) is 16.8 Å². The van der Waals surface area contributed by atoms with E-state index in [1.165, 1.54) is 24.9 Å². The molecule has 0 bridgehead atoms. The molecule has 6 heteroatoms. The topological polar surface area (TPSA) is 3.24 Å². The molecule has 0 saturated heterocycles. The maximum Gasteiger partial charge on any atom is 0.138 e. The van der Waals surface area contributed by atoms with E-state index >= 15 is 0 Å². The van der Waals surface area contributed by atoms with Crippen LogP contribution in [0.15, 0.2) is 30.3 Å². The van der Waals surface area contributed by atoms with Crippen LogP contribution in [-0.4, -0.2) is 50.1 Å². The van der Waals surface area contributed by atoms with E-state index in [1.807, 2.05) is 0 Å². The maximum atomic E-state index is 3.18. The fourth-order valence-corrected chi connectivity index (χ4v) is 37.3. The Bertz CT molecular complexity index is 729. The molecule has 0 unspecified atom stereocenters. The van der Waals surface area contributed by atoms with Gasteiger partial charge in [-0.1, -0.05) is 114 Å². The van der Waals surface area contributed by atoms with E-state index in [0.717, 1.165) is 0 Å². The normalized spacial score (nSPS) is 18.3. The Morgan fingerprint density at radius 3 is 1.66 bits per heavy atom. The van der Waals surface area contributed by atoms with E-state index in [1.54, 1.807) is 0 Å². The highest BCUT2D eigenvalue weighted by molar-refractivity contribution is 7.24. The smallest absolute Gasteiger partial charge is 0.138 e. The Labute approximate surface area is 187 Å². The SMILES string of the molecule is C[Si](C)(C)C1=[Si](N(Cc2ccccc2)[Si](C)(C)C)C([Si](C)(C)C)([Si](C)(C)C)CC1. The van der Waals surface area contributed by atoms with Crippen molar-refractivity contribution >= 4 is 45.8 Å². The molecule has 2 rings (SSSR count). The molecule has 164 valence electrons. The number of benzene rings is 1. The van der Waals surface area contributed by atoms with Gasteiger partial charge in [-0.2, -0.15) is 0 Å². The summed E-state index contributed by atoms with van der Waals surface area (Å²) in [5, 5.41) is 0. The number of hydrogen-bond acceptors (Lipinski definition) is 1. The Kier molecular flexibility index (Phi) is 7.09. The molecule has 29 heavy (non-hydrogen) atoms. The number of hydrogen-bond donors (Lipinski definition) is 0. The molecule has 0 fully saturated rings. The average Bonchev–Trinajstić information content (AvgIpc) is 2.93. The zero-order chi connectivity index (χ0) is 22.5. The molecule has 0 amide bonds. The van der Waals surface area contributed by atoms with Crippen molar-refractivity contribution in [2.75, 3.05) is 0 Å². The highest BCUT2D eigenvalue weighted by Crippen LogP contribution is 2.56. The number of nitrogens with zero attached hydrogens (tertiary/aromatic N) is 1. The molecule has 0 spiro atoms. The molecule has 1 aromatic rings. The van der Waals surface area contributed by atoms with Gasteiger partial charge >= 0.3 is 0 Å². The van der Waals surface area contributed by atoms with Gasteiger partial charge in [0.25, 0.3) is 0 Å². The van der Waals surface area contributed by atoms with Gasteiger partial charge in [0.05, 0.1) is 24.2 Å². The summed E-state index contributed by atoms with van der Waals surface area (Å²) in [4.78, 5) is 2.09. The summed E-state index contributed by atoms with van der Waals surface area (Å²) in [5.41, 5.74) is 1.52. The molecule has 1 aromatic carbocycles. The van der Waals surface area contributed by atoms with Crippen molar-refractivity contribution in [1.82, 2.24) is 4.23 Å². The van der Waals surface area contributed by atoms with Crippen molar-refractivity contribution in [2.45, 2.75) is 102 Å². The van der Waals surface area contributed by atoms with Gasteiger partial charge in [-0.05, 0) is 22.7 Å². The maximum absolute atomic E-state index is 3.18. The first-order chi connectivity index (χ1) is 12.9. The van der Waals surface area contributed by atoms with Gasteiger partial charge in [0, 0.05) is 6.54 Å². The Morgan fingerprint density at radius 1 is 0.793 bits per heavy atom. The molecule has 1 aliphatic heterocycles. The fraction of sp³-hybridized carbons (Fsp3) is 0.696. The highest BCUT2D eigenvalue weighted by Gasteiger charge is 2.61. The Hall–Kier alpha value is -0.0256. The minimum Gasteiger partial charge on any atom is -0.431 e. The average molecular weight is 478 g/mol. The lowest BCUT2D eigenvalue weighted by Crippen LogP contribution is -2.67. The summed E-state index contributed by atoms with van der Waals surface area (Å²) >= 11 is 0. The molecular formula is C23H47NSi5. The lowest BCUT2D eigenvalue weighted by Gasteiger charge is -2.56. The molecule has 0 radical (unpaired) electrons. The summed E-state index contributed by atoms with van der Waals surface area (Å²) in [6.07, 6.45) is 2.94. The summed E-state index contributed by atoms with van der Waals surface area (Å²) in [7, 11) is -6.23. The molecule has 1 nitrogen and oxygen atoms in total. The van der Waals surface area contributed by atoms with Crippen LogP contribution in [-0.2, 0) is 6.54 Å². The standard InChI is InChI=1S/C23H47NSi5/c1-26(2,3)22-18-19-23(27(4,5)6,28(7,8)9)25(22)24(29(10,11)12)20-21-16-14-13-15-17-21/h13-17H,18-20H2,1-12H3. The molecule has 1 heterocycles. The first kappa shape index (κ1) is 25.2. The van der Waals surface area contributed by atoms with Crippen molar-refractivity contribution < 1.29 is 0 Å². The predicted molar refractivity (Wildman–Crippen MR) is 148 cm³/mol. The van der Waals surface area contributed by atoms with Gasteiger partial charge in [0.2, 0.25) is 0 Å². The van der Waals surface area contributed by atoms with Crippen molar-refractivity contribution in [3.8, 4) is 0 Å². The van der Waals surface area contributed by atoms with Crippen LogP contribution in [0.2, 0.25) is 82.8 Å². The van der Waals surface area contributed by atoms with E-state index in [9.17, 15) is 0 Å². The lowest BCUT2D eigenvalue weighted by atomic mass is 10.2. The summed E-state index contributed by atoms with van der Waals surface area (Å²) in [6.45, 7) is 33.3. The van der Waals surface area contributed by atoms with Gasteiger partial charge in [-0.15, -0.1) is 0 Å². The van der Waals surface area contributed by atoms with E-state index in [4.69, 9.17) is 0 Å². The van der Waals surface area contributed by atoms with Gasteiger partial charge in [0.15, 0.2) is 0 Å². The minimum atomic E-state index is -1.48. The third kappa shape index (κ3) is 4.91. The van der Waals surface area contributed by atoms with Crippen molar-refractivity contribution in [1.29, 1.82) is 0 Å². The second kappa shape index (κ2) is 8.15. The van der Waals surface area contributed by atoms with Crippen LogP contribution in [0.5, 0.6) is 0 Å². The van der Waals surface area contributed by atoms with Crippen LogP contribution >= 0.6 is 0 Å². The largest absolute Gasteiger partial charge is 0.431 e. The third-order valence-corrected chi connectivity index (χ3v) is 35.3. The van der Waals surface area contributed by atoms with E-state index in [2.05, 4.69) is 118 Å². The molecule has 0 saturated carbocycles. The third-order valence-electron chi connectivity index (χ3n) is 7.17. The van der Waals surface area contributed by atoms with Crippen LogP contribution in [0.25, 0.3) is 0 Å². The van der Waals surface area contributed by atoms with E-state index in [0.29, 0.717) is 4.28 Å². The Balaban J connectivity index is 2.85. The van der Waals surface area contributed by atoms with Gasteiger partial charge in [-0.25, -0.2) is 0 Å². The number of rotatable bonds is 7. The van der Waals surface area contributed by atoms with Crippen LogP contribution in [0.1, 0.15) is 18.4 Å². The molecule has 0 aromatic heterocycles. The van der Waals surface area contributed by atoms with Crippen molar-refractivity contribution in [2.24, 2.45) is 0 Å². The van der Waals surface area contributed by atoms with Crippen molar-refractivity contribution in [3.63, 3.8) is 0 Å². The monoisotopic (exact) mass is 477 g/mol.